The van der Waals surface area contributed by atoms with Crippen LogP contribution in [-0.2, 0) is 4.79 Å². The number of hydrogen-bond donors (Lipinski definition) is 3. The summed E-state index contributed by atoms with van der Waals surface area (Å²) in [6, 6.07) is 4.76. The van der Waals surface area contributed by atoms with Gasteiger partial charge in [-0.1, -0.05) is 6.92 Å². The second-order valence-corrected chi connectivity index (χ2v) is 5.14. The van der Waals surface area contributed by atoms with Gasteiger partial charge in [0.2, 0.25) is 5.91 Å². The molecule has 0 radical (unpaired) electrons. The number of ether oxygens (including phenoxy) is 1. The van der Waals surface area contributed by atoms with Crippen LogP contribution >= 0.6 is 0 Å². The van der Waals surface area contributed by atoms with Crippen molar-refractivity contribution in [3.8, 4) is 5.75 Å². The Morgan fingerprint density at radius 1 is 1.41 bits per heavy atom. The lowest BCUT2D eigenvalue weighted by Gasteiger charge is -2.17. The summed E-state index contributed by atoms with van der Waals surface area (Å²) in [5.74, 6) is 0.390. The van der Waals surface area contributed by atoms with E-state index in [-0.39, 0.29) is 11.9 Å². The largest absolute Gasteiger partial charge is 0.495 e. The Bertz CT molecular complexity index is 562. The third-order valence-corrected chi connectivity index (χ3v) is 3.50. The van der Waals surface area contributed by atoms with Crippen molar-refractivity contribution < 1.29 is 19.4 Å². The Labute approximate surface area is 129 Å². The third kappa shape index (κ3) is 3.88. The first-order chi connectivity index (χ1) is 10.5. The molecule has 0 saturated carbocycles. The Morgan fingerprint density at radius 2 is 2.18 bits per heavy atom. The van der Waals surface area contributed by atoms with Crippen LogP contribution in [0.15, 0.2) is 18.2 Å². The first-order valence-electron chi connectivity index (χ1n) is 7.25. The lowest BCUT2D eigenvalue weighted by atomic mass is 10.2. The van der Waals surface area contributed by atoms with Crippen LogP contribution in [0, 0.1) is 0 Å². The molecular weight excluding hydrogens is 286 g/mol. The number of amides is 3. The number of likely N-dealkylation sites (tertiary alicyclic amines) is 1. The summed E-state index contributed by atoms with van der Waals surface area (Å²) in [5.41, 5.74) is 1.06. The van der Waals surface area contributed by atoms with Gasteiger partial charge in [0.25, 0.3) is 0 Å². The Hall–Kier alpha value is -2.28. The summed E-state index contributed by atoms with van der Waals surface area (Å²) in [6.07, 6.45) is 0.486. The van der Waals surface area contributed by atoms with E-state index in [2.05, 4.69) is 10.6 Å². The molecule has 0 bridgehead atoms. The molecule has 1 atom stereocenters. The van der Waals surface area contributed by atoms with Crippen LogP contribution < -0.4 is 15.4 Å². The molecule has 0 aromatic heterocycles. The highest BCUT2D eigenvalue weighted by molar-refractivity contribution is 5.95. The first-order valence-corrected chi connectivity index (χ1v) is 7.25. The fourth-order valence-corrected chi connectivity index (χ4v) is 2.25. The monoisotopic (exact) mass is 307 g/mol. The zero-order valence-electron chi connectivity index (χ0n) is 12.8. The van der Waals surface area contributed by atoms with Crippen LogP contribution in [0.2, 0.25) is 0 Å². The number of nitrogens with zero attached hydrogens (tertiary/aromatic N) is 1. The van der Waals surface area contributed by atoms with Gasteiger partial charge in [0.15, 0.2) is 0 Å². The molecule has 0 spiro atoms. The average Bonchev–Trinajstić information content (AvgIpc) is 2.94. The molecule has 0 unspecified atom stereocenters. The molecule has 3 amide bonds. The number of nitrogens with one attached hydrogen (secondary N) is 2. The summed E-state index contributed by atoms with van der Waals surface area (Å²) in [7, 11) is 1.51. The molecule has 1 aliphatic rings. The third-order valence-electron chi connectivity index (χ3n) is 3.50. The van der Waals surface area contributed by atoms with Crippen molar-refractivity contribution in [2.75, 3.05) is 30.8 Å². The van der Waals surface area contributed by atoms with Crippen LogP contribution in [0.25, 0.3) is 0 Å². The SMILES string of the molecule is CCC(=O)Nc1cc(NC(=O)N2CC[C@@H](O)C2)ccc1OC. The molecule has 1 heterocycles. The van der Waals surface area contributed by atoms with Crippen LogP contribution in [-0.4, -0.2) is 48.2 Å². The predicted molar refractivity (Wildman–Crippen MR) is 83.1 cm³/mol. The maximum absolute atomic E-state index is 12.1. The number of aliphatic hydroxyl groups is 1. The molecule has 2 rings (SSSR count). The molecule has 1 aliphatic heterocycles. The van der Waals surface area contributed by atoms with E-state index >= 15 is 0 Å². The Kier molecular flexibility index (Phi) is 5.21. The molecule has 0 aliphatic carbocycles. The maximum Gasteiger partial charge on any atom is 0.321 e. The highest BCUT2D eigenvalue weighted by Crippen LogP contribution is 2.28. The van der Waals surface area contributed by atoms with Gasteiger partial charge in [-0.25, -0.2) is 4.79 Å². The van der Waals surface area contributed by atoms with Gasteiger partial charge in [0.1, 0.15) is 5.75 Å². The van der Waals surface area contributed by atoms with Crippen molar-refractivity contribution in [2.45, 2.75) is 25.9 Å². The zero-order chi connectivity index (χ0) is 16.1. The minimum atomic E-state index is -0.457. The van der Waals surface area contributed by atoms with E-state index in [9.17, 15) is 14.7 Å². The molecule has 1 aromatic carbocycles. The minimum absolute atomic E-state index is 0.135. The molecule has 1 fully saturated rings. The summed E-state index contributed by atoms with van der Waals surface area (Å²) in [4.78, 5) is 25.2. The summed E-state index contributed by atoms with van der Waals surface area (Å²) in [6.45, 7) is 2.62. The molecular formula is C15H21N3O4. The number of aliphatic hydroxyl groups excluding tert-OH is 1. The average molecular weight is 307 g/mol. The highest BCUT2D eigenvalue weighted by atomic mass is 16.5. The van der Waals surface area contributed by atoms with E-state index in [1.54, 1.807) is 30.0 Å². The van der Waals surface area contributed by atoms with Crippen molar-refractivity contribution >= 4 is 23.3 Å². The van der Waals surface area contributed by atoms with Crippen molar-refractivity contribution in [3.05, 3.63) is 18.2 Å². The topological polar surface area (TPSA) is 90.9 Å². The van der Waals surface area contributed by atoms with Crippen LogP contribution in [0.3, 0.4) is 0 Å². The fourth-order valence-electron chi connectivity index (χ4n) is 2.25. The predicted octanol–water partition coefficient (Wildman–Crippen LogP) is 1.64. The van der Waals surface area contributed by atoms with Gasteiger partial charge in [0.05, 0.1) is 18.9 Å². The van der Waals surface area contributed by atoms with E-state index in [0.717, 1.165) is 0 Å². The van der Waals surface area contributed by atoms with E-state index in [1.165, 1.54) is 7.11 Å². The number of benzene rings is 1. The van der Waals surface area contributed by atoms with Crippen molar-refractivity contribution in [3.63, 3.8) is 0 Å². The second-order valence-electron chi connectivity index (χ2n) is 5.14. The molecule has 22 heavy (non-hydrogen) atoms. The lowest BCUT2D eigenvalue weighted by Crippen LogP contribution is -2.33. The van der Waals surface area contributed by atoms with Crippen LogP contribution in [0.5, 0.6) is 5.75 Å². The van der Waals surface area contributed by atoms with Crippen molar-refractivity contribution in [2.24, 2.45) is 0 Å². The van der Waals surface area contributed by atoms with Gasteiger partial charge in [-0.15, -0.1) is 0 Å². The van der Waals surface area contributed by atoms with Crippen LogP contribution in [0.1, 0.15) is 19.8 Å². The highest BCUT2D eigenvalue weighted by Gasteiger charge is 2.24. The molecule has 1 aromatic rings. The van der Waals surface area contributed by atoms with Crippen molar-refractivity contribution in [1.82, 2.24) is 4.90 Å². The van der Waals surface area contributed by atoms with Gasteiger partial charge >= 0.3 is 6.03 Å². The summed E-state index contributed by atoms with van der Waals surface area (Å²) in [5, 5.41) is 15.0. The fraction of sp³-hybridized carbons (Fsp3) is 0.467. The second kappa shape index (κ2) is 7.13. The summed E-state index contributed by atoms with van der Waals surface area (Å²) < 4.78 is 5.19. The number of hydrogen-bond acceptors (Lipinski definition) is 4. The number of β-amino-alcohol motifs (C(OH)–C–C–N with tert-alkyl or cyclic N) is 1. The van der Waals surface area contributed by atoms with Crippen LogP contribution in [0.4, 0.5) is 16.2 Å². The normalized spacial score (nSPS) is 17.2. The minimum Gasteiger partial charge on any atom is -0.495 e. The van der Waals surface area contributed by atoms with Crippen molar-refractivity contribution in [1.29, 1.82) is 0 Å². The van der Waals surface area contributed by atoms with Gasteiger partial charge < -0.3 is 25.4 Å². The van der Waals surface area contributed by atoms with E-state index < -0.39 is 6.10 Å². The number of urea groups is 1. The Morgan fingerprint density at radius 3 is 2.77 bits per heavy atom. The lowest BCUT2D eigenvalue weighted by molar-refractivity contribution is -0.115. The number of carbonyl (C=O) groups is 2. The van der Waals surface area contributed by atoms with Gasteiger partial charge in [0, 0.05) is 25.2 Å². The maximum atomic E-state index is 12.1. The Balaban J connectivity index is 2.09. The zero-order valence-corrected chi connectivity index (χ0v) is 12.8. The molecule has 1 saturated heterocycles. The van der Waals surface area contributed by atoms with E-state index in [1.807, 2.05) is 0 Å². The van der Waals surface area contributed by atoms with Gasteiger partial charge in [-0.2, -0.15) is 0 Å². The number of anilines is 2. The molecule has 3 N–H and O–H groups in total. The number of rotatable bonds is 4. The number of methoxy groups -OCH3 is 1. The quantitative estimate of drug-likeness (QED) is 0.788. The first kappa shape index (κ1) is 16.1. The van der Waals surface area contributed by atoms with E-state index in [0.29, 0.717) is 43.1 Å². The smallest absolute Gasteiger partial charge is 0.321 e. The number of carbonyl (C=O) groups excluding carboxylic acids is 2. The van der Waals surface area contributed by atoms with E-state index in [4.69, 9.17) is 4.74 Å². The molecule has 7 nitrogen and oxygen atoms in total. The van der Waals surface area contributed by atoms with Gasteiger partial charge in [-0.3, -0.25) is 4.79 Å². The standard InChI is InChI=1S/C15H21N3O4/c1-3-14(20)17-12-8-10(4-5-13(12)22-2)16-15(21)18-7-6-11(19)9-18/h4-5,8,11,19H,3,6-7,9H2,1-2H3,(H,16,21)(H,17,20)/t11-/m1/s1. The molecule has 7 heteroatoms. The van der Waals surface area contributed by atoms with Gasteiger partial charge in [-0.05, 0) is 24.6 Å². The molecule has 120 valence electrons. The summed E-state index contributed by atoms with van der Waals surface area (Å²) >= 11 is 0.